The van der Waals surface area contributed by atoms with Gasteiger partial charge >= 0.3 is 0 Å². The second-order valence-corrected chi connectivity index (χ2v) is 6.73. The standard InChI is InChI=1S/C15H16ClN3O2S/c16-11-6-4-10(5-7-11)14-18-13(21-19-14)9-22-12-3-1-2-8-17-15(12)20/h4-7,12H,1-3,8-9H2,(H,17,20)/t12-/m0/s1. The third kappa shape index (κ3) is 3.81. The van der Waals surface area contributed by atoms with Gasteiger partial charge in [-0.25, -0.2) is 0 Å². The fourth-order valence-corrected chi connectivity index (χ4v) is 3.43. The van der Waals surface area contributed by atoms with Gasteiger partial charge in [0.25, 0.3) is 0 Å². The molecule has 1 atom stereocenters. The van der Waals surface area contributed by atoms with Gasteiger partial charge in [0.1, 0.15) is 0 Å². The molecule has 1 saturated heterocycles. The zero-order valence-corrected chi connectivity index (χ0v) is 13.5. The summed E-state index contributed by atoms with van der Waals surface area (Å²) in [6.45, 7) is 0.775. The van der Waals surface area contributed by atoms with Gasteiger partial charge in [0.05, 0.1) is 11.0 Å². The highest BCUT2D eigenvalue weighted by molar-refractivity contribution is 7.99. The first-order chi connectivity index (χ1) is 10.7. The van der Waals surface area contributed by atoms with Gasteiger partial charge < -0.3 is 9.84 Å². The van der Waals surface area contributed by atoms with Crippen molar-refractivity contribution in [1.82, 2.24) is 15.5 Å². The summed E-state index contributed by atoms with van der Waals surface area (Å²) in [6.07, 6.45) is 3.01. The van der Waals surface area contributed by atoms with Crippen LogP contribution in [0.2, 0.25) is 5.02 Å². The van der Waals surface area contributed by atoms with Crippen LogP contribution in [0.3, 0.4) is 0 Å². The van der Waals surface area contributed by atoms with Gasteiger partial charge in [-0.3, -0.25) is 4.79 Å². The summed E-state index contributed by atoms with van der Waals surface area (Å²) in [7, 11) is 0. The van der Waals surface area contributed by atoms with Crippen molar-refractivity contribution in [2.75, 3.05) is 6.54 Å². The lowest BCUT2D eigenvalue weighted by Gasteiger charge is -2.10. The van der Waals surface area contributed by atoms with E-state index in [0.29, 0.717) is 22.5 Å². The van der Waals surface area contributed by atoms with E-state index in [9.17, 15) is 4.79 Å². The molecule has 22 heavy (non-hydrogen) atoms. The van der Waals surface area contributed by atoms with Crippen LogP contribution in [-0.4, -0.2) is 27.8 Å². The average molecular weight is 338 g/mol. The molecule has 116 valence electrons. The number of thioether (sulfide) groups is 1. The normalized spacial score (nSPS) is 18.8. The number of carbonyl (C=O) groups is 1. The van der Waals surface area contributed by atoms with Gasteiger partial charge in [0.15, 0.2) is 0 Å². The van der Waals surface area contributed by atoms with E-state index in [1.165, 1.54) is 0 Å². The molecule has 2 heterocycles. The highest BCUT2D eigenvalue weighted by Gasteiger charge is 2.22. The number of nitrogens with one attached hydrogen (secondary N) is 1. The first kappa shape index (κ1) is 15.4. The van der Waals surface area contributed by atoms with Crippen LogP contribution in [0.25, 0.3) is 11.4 Å². The van der Waals surface area contributed by atoms with Gasteiger partial charge in [-0.1, -0.05) is 23.2 Å². The van der Waals surface area contributed by atoms with Crippen LogP contribution in [0, 0.1) is 0 Å². The lowest BCUT2D eigenvalue weighted by Crippen LogP contribution is -2.30. The third-order valence-electron chi connectivity index (χ3n) is 3.46. The Morgan fingerprint density at radius 3 is 2.95 bits per heavy atom. The van der Waals surface area contributed by atoms with Crippen molar-refractivity contribution in [2.24, 2.45) is 0 Å². The smallest absolute Gasteiger partial charge is 0.236 e. The highest BCUT2D eigenvalue weighted by Crippen LogP contribution is 2.25. The minimum atomic E-state index is -0.0339. The number of hydrogen-bond acceptors (Lipinski definition) is 5. The molecule has 5 nitrogen and oxygen atoms in total. The molecule has 1 aromatic heterocycles. The Labute approximate surface area is 137 Å². The largest absolute Gasteiger partial charge is 0.355 e. The molecule has 0 unspecified atom stereocenters. The Morgan fingerprint density at radius 1 is 1.32 bits per heavy atom. The molecule has 2 aromatic rings. The predicted molar refractivity (Wildman–Crippen MR) is 86.7 cm³/mol. The minimum Gasteiger partial charge on any atom is -0.355 e. The van der Waals surface area contributed by atoms with E-state index < -0.39 is 0 Å². The summed E-state index contributed by atoms with van der Waals surface area (Å²) in [4.78, 5) is 16.3. The molecule has 0 saturated carbocycles. The molecule has 1 fully saturated rings. The lowest BCUT2D eigenvalue weighted by molar-refractivity contribution is -0.120. The van der Waals surface area contributed by atoms with Crippen molar-refractivity contribution < 1.29 is 9.32 Å². The van der Waals surface area contributed by atoms with Crippen LogP contribution in [0.1, 0.15) is 25.2 Å². The summed E-state index contributed by atoms with van der Waals surface area (Å²) >= 11 is 7.42. The summed E-state index contributed by atoms with van der Waals surface area (Å²) in [5, 5.41) is 7.54. The monoisotopic (exact) mass is 337 g/mol. The lowest BCUT2D eigenvalue weighted by atomic mass is 10.2. The van der Waals surface area contributed by atoms with Crippen molar-refractivity contribution in [3.8, 4) is 11.4 Å². The molecular weight excluding hydrogens is 322 g/mol. The molecule has 0 aliphatic carbocycles. The van der Waals surface area contributed by atoms with Crippen LogP contribution in [-0.2, 0) is 10.5 Å². The van der Waals surface area contributed by atoms with Crippen LogP contribution < -0.4 is 5.32 Å². The van der Waals surface area contributed by atoms with E-state index in [1.54, 1.807) is 23.9 Å². The first-order valence-corrected chi connectivity index (χ1v) is 8.63. The first-order valence-electron chi connectivity index (χ1n) is 7.20. The average Bonchev–Trinajstić information content (AvgIpc) is 2.90. The van der Waals surface area contributed by atoms with E-state index in [0.717, 1.165) is 31.4 Å². The fraction of sp³-hybridized carbons (Fsp3) is 0.400. The number of amides is 1. The number of rotatable bonds is 4. The number of hydrogen-bond donors (Lipinski definition) is 1. The maximum Gasteiger partial charge on any atom is 0.236 e. The van der Waals surface area contributed by atoms with E-state index in [2.05, 4.69) is 15.5 Å². The van der Waals surface area contributed by atoms with E-state index in [-0.39, 0.29) is 11.2 Å². The van der Waals surface area contributed by atoms with Crippen molar-refractivity contribution in [3.63, 3.8) is 0 Å². The molecule has 0 bridgehead atoms. The number of halogens is 1. The molecule has 1 amide bonds. The highest BCUT2D eigenvalue weighted by atomic mass is 35.5. The number of benzene rings is 1. The predicted octanol–water partition coefficient (Wildman–Crippen LogP) is 3.29. The summed E-state index contributed by atoms with van der Waals surface area (Å²) in [5.74, 6) is 1.73. The van der Waals surface area contributed by atoms with Crippen LogP contribution in [0.4, 0.5) is 0 Å². The SMILES string of the molecule is O=C1NCCCC[C@@H]1SCc1nc(-c2ccc(Cl)cc2)no1. The topological polar surface area (TPSA) is 68.0 Å². The Morgan fingerprint density at radius 2 is 2.14 bits per heavy atom. The van der Waals surface area contributed by atoms with Crippen molar-refractivity contribution in [1.29, 1.82) is 0 Å². The zero-order chi connectivity index (χ0) is 15.4. The number of nitrogens with zero attached hydrogens (tertiary/aromatic N) is 2. The number of aromatic nitrogens is 2. The van der Waals surface area contributed by atoms with Crippen LogP contribution >= 0.6 is 23.4 Å². The van der Waals surface area contributed by atoms with E-state index in [1.807, 2.05) is 12.1 Å². The zero-order valence-electron chi connectivity index (χ0n) is 11.9. The van der Waals surface area contributed by atoms with E-state index in [4.69, 9.17) is 16.1 Å². The second kappa shape index (κ2) is 7.15. The molecule has 7 heteroatoms. The van der Waals surface area contributed by atoms with E-state index >= 15 is 0 Å². The fourth-order valence-electron chi connectivity index (χ4n) is 2.27. The summed E-state index contributed by atoms with van der Waals surface area (Å²) in [6, 6.07) is 7.28. The van der Waals surface area contributed by atoms with Crippen molar-refractivity contribution in [2.45, 2.75) is 30.3 Å². The maximum atomic E-state index is 11.9. The second-order valence-electron chi connectivity index (χ2n) is 5.11. The Balaban J connectivity index is 1.62. The molecular formula is C15H16ClN3O2S. The Bertz CT molecular complexity index is 644. The Hall–Kier alpha value is -1.53. The van der Waals surface area contributed by atoms with Crippen molar-refractivity contribution >= 4 is 29.3 Å². The minimum absolute atomic E-state index is 0.0339. The van der Waals surface area contributed by atoms with Crippen LogP contribution in [0.5, 0.6) is 0 Å². The van der Waals surface area contributed by atoms with Crippen molar-refractivity contribution in [3.05, 3.63) is 35.2 Å². The quantitative estimate of drug-likeness (QED) is 0.927. The summed E-state index contributed by atoms with van der Waals surface area (Å²) < 4.78 is 5.26. The van der Waals surface area contributed by atoms with Gasteiger partial charge in [-0.05, 0) is 37.1 Å². The molecule has 0 spiro atoms. The molecule has 1 aliphatic heterocycles. The molecule has 1 N–H and O–H groups in total. The van der Waals surface area contributed by atoms with Crippen LogP contribution in [0.15, 0.2) is 28.8 Å². The van der Waals surface area contributed by atoms with Gasteiger partial charge in [-0.2, -0.15) is 4.98 Å². The Kier molecular flexibility index (Phi) is 5.00. The molecule has 3 rings (SSSR count). The summed E-state index contributed by atoms with van der Waals surface area (Å²) in [5.41, 5.74) is 0.858. The van der Waals surface area contributed by atoms with Gasteiger partial charge in [0.2, 0.25) is 17.6 Å². The van der Waals surface area contributed by atoms with Gasteiger partial charge in [0, 0.05) is 17.1 Å². The third-order valence-corrected chi connectivity index (χ3v) is 4.98. The molecule has 1 aromatic carbocycles. The molecule has 1 aliphatic rings. The van der Waals surface area contributed by atoms with Gasteiger partial charge in [-0.15, -0.1) is 11.8 Å². The number of carbonyl (C=O) groups excluding carboxylic acids is 1. The molecule has 0 radical (unpaired) electrons. The maximum absolute atomic E-state index is 11.9.